The summed E-state index contributed by atoms with van der Waals surface area (Å²) in [6.45, 7) is 2.38. The summed E-state index contributed by atoms with van der Waals surface area (Å²) in [6, 6.07) is 9.52. The van der Waals surface area contributed by atoms with Gasteiger partial charge in [-0.3, -0.25) is 0 Å². The summed E-state index contributed by atoms with van der Waals surface area (Å²) in [6.07, 6.45) is -1.03. The molecule has 1 aliphatic heterocycles. The first kappa shape index (κ1) is 18.8. The first-order chi connectivity index (χ1) is 12.5. The lowest BCUT2D eigenvalue weighted by Crippen LogP contribution is -2.45. The topological polar surface area (TPSA) is 50.4 Å². The molecule has 4 nitrogen and oxygen atoms in total. The van der Waals surface area contributed by atoms with Crippen molar-refractivity contribution in [2.75, 3.05) is 6.61 Å². The maximum absolute atomic E-state index is 12.8. The van der Waals surface area contributed by atoms with Gasteiger partial charge in [0.25, 0.3) is 6.43 Å². The maximum atomic E-state index is 12.8. The van der Waals surface area contributed by atoms with Crippen LogP contribution >= 0.6 is 11.3 Å². The number of carbonyl (C=O) groups is 1. The van der Waals surface area contributed by atoms with Crippen LogP contribution in [-0.4, -0.2) is 18.7 Å². The summed E-state index contributed by atoms with van der Waals surface area (Å²) < 4.78 is 31.4. The third-order valence-corrected chi connectivity index (χ3v) is 5.45. The zero-order chi connectivity index (χ0) is 18.5. The van der Waals surface area contributed by atoms with Crippen molar-refractivity contribution < 1.29 is 18.3 Å². The highest BCUT2D eigenvalue weighted by molar-refractivity contribution is 7.10. The molecule has 1 fully saturated rings. The van der Waals surface area contributed by atoms with Crippen molar-refractivity contribution in [1.29, 1.82) is 0 Å². The number of halogens is 2. The first-order valence-corrected chi connectivity index (χ1v) is 9.51. The van der Waals surface area contributed by atoms with Gasteiger partial charge in [-0.25, -0.2) is 13.6 Å². The molecule has 0 saturated carbocycles. The fourth-order valence-corrected chi connectivity index (χ4v) is 3.86. The van der Waals surface area contributed by atoms with Crippen LogP contribution in [0.3, 0.4) is 0 Å². The molecule has 7 heteroatoms. The third-order valence-electron chi connectivity index (χ3n) is 4.49. The Kier molecular flexibility index (Phi) is 6.21. The van der Waals surface area contributed by atoms with Crippen molar-refractivity contribution in [3.8, 4) is 0 Å². The zero-order valence-corrected chi connectivity index (χ0v) is 15.3. The lowest BCUT2D eigenvalue weighted by Gasteiger charge is -2.30. The minimum atomic E-state index is -2.52. The number of benzene rings is 1. The molecular weight excluding hydrogens is 358 g/mol. The molecular formula is C19H22F2N2O2S. The van der Waals surface area contributed by atoms with Gasteiger partial charge in [0, 0.05) is 23.1 Å². The van der Waals surface area contributed by atoms with Crippen molar-refractivity contribution in [1.82, 2.24) is 10.6 Å². The minimum Gasteiger partial charge on any atom is -0.373 e. The van der Waals surface area contributed by atoms with Crippen molar-refractivity contribution in [2.24, 2.45) is 0 Å². The smallest absolute Gasteiger partial charge is 0.315 e. The average molecular weight is 380 g/mol. The van der Waals surface area contributed by atoms with E-state index in [0.717, 1.165) is 17.7 Å². The highest BCUT2D eigenvalue weighted by Gasteiger charge is 2.26. The summed E-state index contributed by atoms with van der Waals surface area (Å²) in [4.78, 5) is 13.5. The van der Waals surface area contributed by atoms with Gasteiger partial charge in [0.05, 0.1) is 12.1 Å². The molecule has 2 aromatic rings. The molecule has 2 amide bonds. The van der Waals surface area contributed by atoms with E-state index in [2.05, 4.69) is 10.6 Å². The quantitative estimate of drug-likeness (QED) is 0.770. The van der Waals surface area contributed by atoms with Gasteiger partial charge in [-0.2, -0.15) is 0 Å². The van der Waals surface area contributed by atoms with E-state index in [-0.39, 0.29) is 29.8 Å². The van der Waals surface area contributed by atoms with E-state index in [0.29, 0.717) is 12.2 Å². The van der Waals surface area contributed by atoms with E-state index in [1.54, 1.807) is 30.4 Å². The Hall–Kier alpha value is -1.99. The van der Waals surface area contributed by atoms with Crippen LogP contribution in [-0.2, 0) is 4.74 Å². The number of carbonyl (C=O) groups excluding carboxylic acids is 1. The summed E-state index contributed by atoms with van der Waals surface area (Å²) in [5, 5.41) is 7.81. The number of nitrogens with one attached hydrogen (secondary N) is 2. The Bertz CT molecular complexity index is 724. The van der Waals surface area contributed by atoms with Crippen LogP contribution in [0.4, 0.5) is 13.6 Å². The number of alkyl halides is 2. The number of ether oxygens (including phenoxy) is 1. The van der Waals surface area contributed by atoms with Crippen molar-refractivity contribution in [2.45, 2.75) is 44.4 Å². The Morgan fingerprint density at radius 3 is 2.81 bits per heavy atom. The normalized spacial score (nSPS) is 21.4. The van der Waals surface area contributed by atoms with Gasteiger partial charge in [0.15, 0.2) is 0 Å². The lowest BCUT2D eigenvalue weighted by atomic mass is 10.0. The van der Waals surface area contributed by atoms with Gasteiger partial charge in [0.2, 0.25) is 0 Å². The molecule has 1 aliphatic rings. The predicted molar refractivity (Wildman–Crippen MR) is 97.5 cm³/mol. The second-order valence-corrected chi connectivity index (χ2v) is 7.39. The lowest BCUT2D eigenvalue weighted by molar-refractivity contribution is 0.00435. The van der Waals surface area contributed by atoms with E-state index in [1.165, 1.54) is 12.1 Å². The van der Waals surface area contributed by atoms with Crippen molar-refractivity contribution >= 4 is 17.4 Å². The van der Waals surface area contributed by atoms with Crippen molar-refractivity contribution in [3.63, 3.8) is 0 Å². The molecule has 140 valence electrons. The van der Waals surface area contributed by atoms with E-state index in [1.807, 2.05) is 17.5 Å². The van der Waals surface area contributed by atoms with Crippen molar-refractivity contribution in [3.05, 3.63) is 57.8 Å². The third kappa shape index (κ3) is 4.80. The zero-order valence-electron chi connectivity index (χ0n) is 14.5. The predicted octanol–water partition coefficient (Wildman–Crippen LogP) is 4.97. The van der Waals surface area contributed by atoms with E-state index < -0.39 is 6.43 Å². The monoisotopic (exact) mass is 380 g/mol. The fourth-order valence-electron chi connectivity index (χ4n) is 3.07. The molecule has 2 N–H and O–H groups in total. The molecule has 1 saturated heterocycles. The Morgan fingerprint density at radius 2 is 2.08 bits per heavy atom. The summed E-state index contributed by atoms with van der Waals surface area (Å²) >= 11 is 1.65. The van der Waals surface area contributed by atoms with Crippen LogP contribution in [0.1, 0.15) is 54.3 Å². The van der Waals surface area contributed by atoms with Gasteiger partial charge in [-0.15, -0.1) is 11.3 Å². The number of hydrogen-bond acceptors (Lipinski definition) is 3. The highest BCUT2D eigenvalue weighted by Crippen LogP contribution is 2.31. The maximum Gasteiger partial charge on any atom is 0.315 e. The van der Waals surface area contributed by atoms with Crippen LogP contribution in [0.25, 0.3) is 0 Å². The molecule has 0 aliphatic carbocycles. The molecule has 0 spiro atoms. The SMILES string of the molecule is CC(NC(=O)NC1CCOC(c2cccs2)C1)c1cccc(C(F)F)c1. The Balaban J connectivity index is 1.54. The van der Waals surface area contributed by atoms with Crippen LogP contribution in [0.2, 0.25) is 0 Å². The van der Waals surface area contributed by atoms with Crippen LogP contribution in [0, 0.1) is 0 Å². The first-order valence-electron chi connectivity index (χ1n) is 8.63. The fraction of sp³-hybridized carbons (Fsp3) is 0.421. The molecule has 3 rings (SSSR count). The minimum absolute atomic E-state index is 0.00852. The van der Waals surface area contributed by atoms with Crippen LogP contribution in [0.5, 0.6) is 0 Å². The number of amides is 2. The Morgan fingerprint density at radius 1 is 1.27 bits per heavy atom. The van der Waals surface area contributed by atoms with Gasteiger partial charge >= 0.3 is 6.03 Å². The molecule has 0 bridgehead atoms. The summed E-state index contributed by atoms with van der Waals surface area (Å²) in [7, 11) is 0. The number of rotatable bonds is 5. The van der Waals surface area contributed by atoms with Gasteiger partial charge < -0.3 is 15.4 Å². The average Bonchev–Trinajstić information content (AvgIpc) is 3.16. The second kappa shape index (κ2) is 8.60. The summed E-state index contributed by atoms with van der Waals surface area (Å²) in [5.74, 6) is 0. The Labute approximate surface area is 155 Å². The van der Waals surface area contributed by atoms with E-state index in [9.17, 15) is 13.6 Å². The van der Waals surface area contributed by atoms with Gasteiger partial charge in [0.1, 0.15) is 0 Å². The molecule has 26 heavy (non-hydrogen) atoms. The van der Waals surface area contributed by atoms with Crippen LogP contribution < -0.4 is 10.6 Å². The number of urea groups is 1. The van der Waals surface area contributed by atoms with E-state index in [4.69, 9.17) is 4.74 Å². The van der Waals surface area contributed by atoms with E-state index >= 15 is 0 Å². The molecule has 1 aromatic heterocycles. The molecule has 2 heterocycles. The number of hydrogen-bond donors (Lipinski definition) is 2. The van der Waals surface area contributed by atoms with Gasteiger partial charge in [-0.05, 0) is 42.8 Å². The number of thiophene rings is 1. The molecule has 0 radical (unpaired) electrons. The van der Waals surface area contributed by atoms with Crippen LogP contribution in [0.15, 0.2) is 41.8 Å². The standard InChI is InChI=1S/C19H22F2N2O2S/c1-12(13-4-2-5-14(10-13)18(20)21)22-19(24)23-15-7-8-25-16(11-15)17-6-3-9-26-17/h2-6,9-10,12,15-16,18H,7-8,11H2,1H3,(H2,22,23,24). The second-order valence-electron chi connectivity index (χ2n) is 6.41. The van der Waals surface area contributed by atoms with Gasteiger partial charge in [-0.1, -0.05) is 24.3 Å². The molecule has 1 aromatic carbocycles. The molecule has 3 unspecified atom stereocenters. The largest absolute Gasteiger partial charge is 0.373 e. The highest BCUT2D eigenvalue weighted by atomic mass is 32.1. The molecule has 3 atom stereocenters. The summed E-state index contributed by atoms with van der Waals surface area (Å²) in [5.41, 5.74) is 0.612.